The van der Waals surface area contributed by atoms with Crippen molar-refractivity contribution in [2.45, 2.75) is 18.7 Å². The molecule has 0 aliphatic heterocycles. The van der Waals surface area contributed by atoms with E-state index in [1.165, 1.54) is 27.3 Å². The molecule has 34 heavy (non-hydrogen) atoms. The molecule has 10 heteroatoms. The Hall–Kier alpha value is -3.56. The number of fused-ring (bicyclic) bond motifs is 1. The fourth-order valence-corrected chi connectivity index (χ4v) is 4.93. The SMILES string of the molecule is Cc1ccc(NS(=O)(=O)c2ccc(Cl)c(C(=O)Nc3ccc4c(c3)n(C)c(=O)n4C)c2)cc1C. The Kier molecular flexibility index (Phi) is 6.01. The molecule has 1 amide bonds. The third-order valence-electron chi connectivity index (χ3n) is 5.78. The van der Waals surface area contributed by atoms with Crippen LogP contribution in [0.4, 0.5) is 11.4 Å². The number of rotatable bonds is 5. The summed E-state index contributed by atoms with van der Waals surface area (Å²) >= 11 is 6.23. The summed E-state index contributed by atoms with van der Waals surface area (Å²) < 4.78 is 31.4. The van der Waals surface area contributed by atoms with E-state index in [-0.39, 0.29) is 21.2 Å². The number of anilines is 2. The van der Waals surface area contributed by atoms with Crippen molar-refractivity contribution < 1.29 is 13.2 Å². The van der Waals surface area contributed by atoms with E-state index in [4.69, 9.17) is 11.6 Å². The first kappa shape index (κ1) is 23.6. The Morgan fingerprint density at radius 2 is 1.53 bits per heavy atom. The van der Waals surface area contributed by atoms with Crippen LogP contribution in [0.15, 0.2) is 64.3 Å². The van der Waals surface area contributed by atoms with Crippen LogP contribution in [0, 0.1) is 13.8 Å². The molecule has 176 valence electrons. The molecule has 0 spiro atoms. The first-order valence-corrected chi connectivity index (χ1v) is 12.2. The molecular formula is C24H23ClN4O4S. The van der Waals surface area contributed by atoms with Crippen LogP contribution in [0.3, 0.4) is 0 Å². The second-order valence-corrected chi connectivity index (χ2v) is 10.2. The Morgan fingerprint density at radius 3 is 2.24 bits per heavy atom. The third kappa shape index (κ3) is 4.32. The predicted octanol–water partition coefficient (Wildman–Crippen LogP) is 4.20. The van der Waals surface area contributed by atoms with Crippen LogP contribution in [0.25, 0.3) is 11.0 Å². The molecule has 0 fully saturated rings. The number of halogens is 1. The van der Waals surface area contributed by atoms with E-state index in [0.717, 1.165) is 11.1 Å². The lowest BCUT2D eigenvalue weighted by Gasteiger charge is -2.12. The van der Waals surface area contributed by atoms with E-state index >= 15 is 0 Å². The summed E-state index contributed by atoms with van der Waals surface area (Å²) in [5.41, 5.74) is 4.04. The molecule has 0 atom stereocenters. The minimum atomic E-state index is -3.95. The number of nitrogens with zero attached hydrogens (tertiary/aromatic N) is 2. The highest BCUT2D eigenvalue weighted by Crippen LogP contribution is 2.25. The molecule has 4 rings (SSSR count). The van der Waals surface area contributed by atoms with Gasteiger partial charge in [0.15, 0.2) is 0 Å². The number of hydrogen-bond acceptors (Lipinski definition) is 4. The second kappa shape index (κ2) is 8.66. The van der Waals surface area contributed by atoms with Gasteiger partial charge in [-0.1, -0.05) is 17.7 Å². The van der Waals surface area contributed by atoms with Gasteiger partial charge in [-0.05, 0) is 73.5 Å². The van der Waals surface area contributed by atoms with Gasteiger partial charge in [-0.2, -0.15) is 0 Å². The van der Waals surface area contributed by atoms with Gasteiger partial charge in [-0.15, -0.1) is 0 Å². The average Bonchev–Trinajstić information content (AvgIpc) is 3.00. The van der Waals surface area contributed by atoms with Crippen LogP contribution in [-0.2, 0) is 24.1 Å². The van der Waals surface area contributed by atoms with Gasteiger partial charge in [-0.3, -0.25) is 18.7 Å². The van der Waals surface area contributed by atoms with Gasteiger partial charge in [0, 0.05) is 25.5 Å². The maximum Gasteiger partial charge on any atom is 0.328 e. The number of hydrogen-bond donors (Lipinski definition) is 2. The summed E-state index contributed by atoms with van der Waals surface area (Å²) in [5, 5.41) is 2.83. The molecule has 3 aromatic carbocycles. The maximum absolute atomic E-state index is 13.0. The zero-order valence-corrected chi connectivity index (χ0v) is 20.6. The Labute approximate surface area is 201 Å². The van der Waals surface area contributed by atoms with Gasteiger partial charge in [0.05, 0.1) is 26.5 Å². The van der Waals surface area contributed by atoms with E-state index in [9.17, 15) is 18.0 Å². The van der Waals surface area contributed by atoms with Gasteiger partial charge in [-0.25, -0.2) is 13.2 Å². The topological polar surface area (TPSA) is 102 Å². The number of aryl methyl sites for hydroxylation is 4. The molecule has 4 aromatic rings. The van der Waals surface area contributed by atoms with Crippen molar-refractivity contribution in [3.8, 4) is 0 Å². The number of carbonyl (C=O) groups is 1. The number of nitrogens with one attached hydrogen (secondary N) is 2. The van der Waals surface area contributed by atoms with Gasteiger partial charge in [0.25, 0.3) is 15.9 Å². The van der Waals surface area contributed by atoms with Crippen molar-refractivity contribution >= 4 is 49.9 Å². The van der Waals surface area contributed by atoms with E-state index in [1.807, 2.05) is 19.9 Å². The number of aromatic nitrogens is 2. The monoisotopic (exact) mass is 498 g/mol. The van der Waals surface area contributed by atoms with Crippen molar-refractivity contribution in [1.82, 2.24) is 9.13 Å². The molecule has 0 aliphatic rings. The number of benzene rings is 3. The number of carbonyl (C=O) groups excluding carboxylic acids is 1. The smallest absolute Gasteiger partial charge is 0.322 e. The van der Waals surface area contributed by atoms with Crippen molar-refractivity contribution in [2.75, 3.05) is 10.0 Å². The fraction of sp³-hybridized carbons (Fsp3) is 0.167. The average molecular weight is 499 g/mol. The van der Waals surface area contributed by atoms with E-state index in [1.54, 1.807) is 44.4 Å². The third-order valence-corrected chi connectivity index (χ3v) is 7.49. The van der Waals surface area contributed by atoms with E-state index < -0.39 is 15.9 Å². The van der Waals surface area contributed by atoms with E-state index in [0.29, 0.717) is 22.4 Å². The molecule has 0 radical (unpaired) electrons. The minimum Gasteiger partial charge on any atom is -0.322 e. The first-order valence-electron chi connectivity index (χ1n) is 10.3. The lowest BCUT2D eigenvalue weighted by atomic mass is 10.1. The first-order chi connectivity index (χ1) is 16.0. The zero-order chi connectivity index (χ0) is 24.8. The highest BCUT2D eigenvalue weighted by atomic mass is 35.5. The Balaban J connectivity index is 1.63. The Bertz CT molecular complexity index is 1620. The summed E-state index contributed by atoms with van der Waals surface area (Å²) in [6.45, 7) is 3.83. The highest BCUT2D eigenvalue weighted by Gasteiger charge is 2.20. The second-order valence-electron chi connectivity index (χ2n) is 8.10. The quantitative estimate of drug-likeness (QED) is 0.430. The molecule has 0 bridgehead atoms. The predicted molar refractivity (Wildman–Crippen MR) is 134 cm³/mol. The molecule has 0 aliphatic carbocycles. The number of amides is 1. The van der Waals surface area contributed by atoms with Crippen molar-refractivity contribution in [2.24, 2.45) is 14.1 Å². The number of imidazole rings is 1. The zero-order valence-electron chi connectivity index (χ0n) is 19.0. The largest absolute Gasteiger partial charge is 0.328 e. The fourth-order valence-electron chi connectivity index (χ4n) is 3.65. The van der Waals surface area contributed by atoms with Crippen molar-refractivity contribution in [3.63, 3.8) is 0 Å². The minimum absolute atomic E-state index is 0.00618. The van der Waals surface area contributed by atoms with Crippen molar-refractivity contribution in [3.05, 3.63) is 86.8 Å². The molecule has 1 heterocycles. The molecule has 1 aromatic heterocycles. The molecule has 0 saturated carbocycles. The summed E-state index contributed by atoms with van der Waals surface area (Å²) in [6.07, 6.45) is 0. The lowest BCUT2D eigenvalue weighted by molar-refractivity contribution is 0.102. The van der Waals surface area contributed by atoms with Crippen LogP contribution in [0.5, 0.6) is 0 Å². The van der Waals surface area contributed by atoms with Gasteiger partial charge >= 0.3 is 5.69 Å². The van der Waals surface area contributed by atoms with Crippen LogP contribution >= 0.6 is 11.6 Å². The molecule has 0 saturated heterocycles. The normalized spacial score (nSPS) is 11.6. The van der Waals surface area contributed by atoms with Crippen LogP contribution in [0.1, 0.15) is 21.5 Å². The number of sulfonamides is 1. The summed E-state index contributed by atoms with van der Waals surface area (Å²) in [6, 6.07) is 14.2. The van der Waals surface area contributed by atoms with Gasteiger partial charge < -0.3 is 5.32 Å². The van der Waals surface area contributed by atoms with Crippen molar-refractivity contribution in [1.29, 1.82) is 0 Å². The summed E-state index contributed by atoms with van der Waals surface area (Å²) in [4.78, 5) is 25.0. The molecule has 2 N–H and O–H groups in total. The molecule has 8 nitrogen and oxygen atoms in total. The van der Waals surface area contributed by atoms with Crippen LogP contribution in [-0.4, -0.2) is 23.5 Å². The van der Waals surface area contributed by atoms with Crippen LogP contribution in [0.2, 0.25) is 5.02 Å². The Morgan fingerprint density at radius 1 is 0.853 bits per heavy atom. The van der Waals surface area contributed by atoms with Gasteiger partial charge in [0.2, 0.25) is 0 Å². The summed E-state index contributed by atoms with van der Waals surface area (Å²) in [5.74, 6) is -0.575. The van der Waals surface area contributed by atoms with Crippen LogP contribution < -0.4 is 15.7 Å². The molecule has 0 unspecified atom stereocenters. The standard InChI is InChI=1S/C24H23ClN4O4S/c1-14-5-6-17(11-15(14)2)27-34(32,33)18-8-9-20(25)19(13-18)23(30)26-16-7-10-21-22(12-16)29(4)24(31)28(21)3/h5-13,27H,1-4H3,(H,26,30). The summed E-state index contributed by atoms with van der Waals surface area (Å²) in [7, 11) is -0.644. The molecular weight excluding hydrogens is 476 g/mol. The van der Waals surface area contributed by atoms with E-state index in [2.05, 4.69) is 10.0 Å². The highest BCUT2D eigenvalue weighted by molar-refractivity contribution is 7.92. The van der Waals surface area contributed by atoms with Gasteiger partial charge in [0.1, 0.15) is 0 Å². The lowest BCUT2D eigenvalue weighted by Crippen LogP contribution is -2.19. The maximum atomic E-state index is 13.0.